The van der Waals surface area contributed by atoms with Crippen molar-refractivity contribution in [3.63, 3.8) is 0 Å². The van der Waals surface area contributed by atoms with Crippen LogP contribution in [0.1, 0.15) is 39.5 Å². The van der Waals surface area contributed by atoms with Crippen molar-refractivity contribution in [2.24, 2.45) is 5.92 Å². The summed E-state index contributed by atoms with van der Waals surface area (Å²) in [6.07, 6.45) is 2.84. The third-order valence-electron chi connectivity index (χ3n) is 4.34. The normalized spacial score (nSPS) is 32.2. The van der Waals surface area contributed by atoms with E-state index in [4.69, 9.17) is 4.74 Å². The van der Waals surface area contributed by atoms with Crippen LogP contribution in [0.5, 0.6) is 0 Å². The van der Waals surface area contributed by atoms with Gasteiger partial charge >= 0.3 is 5.97 Å². The zero-order valence-corrected chi connectivity index (χ0v) is 12.2. The molecule has 3 N–H and O–H groups in total. The number of amides is 1. The molecule has 0 bridgehead atoms. The molecule has 1 saturated heterocycles. The van der Waals surface area contributed by atoms with Gasteiger partial charge in [0.1, 0.15) is 12.1 Å². The van der Waals surface area contributed by atoms with Crippen molar-refractivity contribution >= 4 is 11.9 Å². The number of carbonyl (C=O) groups is 2. The third kappa shape index (κ3) is 3.30. The summed E-state index contributed by atoms with van der Waals surface area (Å²) >= 11 is 0. The van der Waals surface area contributed by atoms with Gasteiger partial charge in [-0.25, -0.2) is 4.79 Å². The molecule has 20 heavy (non-hydrogen) atoms. The highest BCUT2D eigenvalue weighted by Gasteiger charge is 2.43. The third-order valence-corrected chi connectivity index (χ3v) is 4.34. The summed E-state index contributed by atoms with van der Waals surface area (Å²) in [5, 5.41) is 15.3. The predicted octanol–water partition coefficient (Wildman–Crippen LogP) is 0.515. The van der Waals surface area contributed by atoms with Crippen molar-refractivity contribution in [3.8, 4) is 0 Å². The van der Waals surface area contributed by atoms with Crippen molar-refractivity contribution in [1.29, 1.82) is 0 Å². The zero-order valence-electron chi connectivity index (χ0n) is 12.2. The highest BCUT2D eigenvalue weighted by atomic mass is 16.5. The van der Waals surface area contributed by atoms with Crippen LogP contribution in [0.4, 0.5) is 0 Å². The molecule has 0 aromatic heterocycles. The molecule has 0 spiro atoms. The smallest absolute Gasteiger partial charge is 0.329 e. The molecule has 1 heterocycles. The number of carboxylic acids is 1. The molecule has 1 saturated carbocycles. The molecule has 6 nitrogen and oxygen atoms in total. The average molecular weight is 284 g/mol. The maximum absolute atomic E-state index is 12.0. The quantitative estimate of drug-likeness (QED) is 0.685. The molecule has 114 valence electrons. The van der Waals surface area contributed by atoms with Crippen LogP contribution in [-0.2, 0) is 14.3 Å². The molecule has 2 unspecified atom stereocenters. The second-order valence-corrected chi connectivity index (χ2v) is 6.48. The Morgan fingerprint density at radius 2 is 2.15 bits per heavy atom. The van der Waals surface area contributed by atoms with Crippen LogP contribution >= 0.6 is 0 Å². The van der Waals surface area contributed by atoms with E-state index in [0.717, 1.165) is 25.9 Å². The van der Waals surface area contributed by atoms with Crippen molar-refractivity contribution in [2.75, 3.05) is 19.7 Å². The maximum Gasteiger partial charge on any atom is 0.329 e. The fourth-order valence-electron chi connectivity index (χ4n) is 3.03. The lowest BCUT2D eigenvalue weighted by Gasteiger charge is -2.40. The molecule has 0 aromatic carbocycles. The minimum Gasteiger partial charge on any atom is -0.480 e. The monoisotopic (exact) mass is 284 g/mol. The van der Waals surface area contributed by atoms with Gasteiger partial charge in [0.2, 0.25) is 5.91 Å². The van der Waals surface area contributed by atoms with Crippen LogP contribution in [-0.4, -0.2) is 47.8 Å². The Bertz CT molecular complexity index is 395. The van der Waals surface area contributed by atoms with E-state index in [1.165, 1.54) is 0 Å². The highest BCUT2D eigenvalue weighted by molar-refractivity contribution is 5.87. The fourth-order valence-corrected chi connectivity index (χ4v) is 3.03. The van der Waals surface area contributed by atoms with E-state index >= 15 is 0 Å². The lowest BCUT2D eigenvalue weighted by molar-refractivity contribution is -0.152. The Kier molecular flexibility index (Phi) is 4.34. The second-order valence-electron chi connectivity index (χ2n) is 6.48. The number of nitrogens with one attached hydrogen (secondary N) is 2. The summed E-state index contributed by atoms with van der Waals surface area (Å²) in [5.74, 6) is -0.960. The molecule has 0 radical (unpaired) electrons. The Hall–Kier alpha value is -1.14. The summed E-state index contributed by atoms with van der Waals surface area (Å²) in [7, 11) is 0. The Morgan fingerprint density at radius 1 is 1.45 bits per heavy atom. The van der Waals surface area contributed by atoms with E-state index in [0.29, 0.717) is 18.8 Å². The minimum atomic E-state index is -1.11. The van der Waals surface area contributed by atoms with Gasteiger partial charge in [-0.3, -0.25) is 4.79 Å². The van der Waals surface area contributed by atoms with E-state index in [-0.39, 0.29) is 18.1 Å². The number of rotatable bonds is 5. The van der Waals surface area contributed by atoms with E-state index in [1.807, 2.05) is 13.8 Å². The number of aliphatic carboxylic acids is 1. The molecule has 2 aliphatic rings. The Labute approximate surface area is 119 Å². The first-order chi connectivity index (χ1) is 9.35. The van der Waals surface area contributed by atoms with E-state index in [1.54, 1.807) is 0 Å². The maximum atomic E-state index is 12.0. The summed E-state index contributed by atoms with van der Waals surface area (Å²) in [4.78, 5) is 23.6. The number of hydrogen-bond donors (Lipinski definition) is 3. The summed E-state index contributed by atoms with van der Waals surface area (Å²) in [5.41, 5.74) is -1.41. The van der Waals surface area contributed by atoms with Crippen molar-refractivity contribution in [2.45, 2.75) is 50.7 Å². The lowest BCUT2D eigenvalue weighted by Crippen LogP contribution is -2.61. The zero-order chi connectivity index (χ0) is 14.8. The fraction of sp³-hybridized carbons (Fsp3) is 0.857. The molecular weight excluding hydrogens is 260 g/mol. The summed E-state index contributed by atoms with van der Waals surface area (Å²) in [6.45, 7) is 5.33. The molecule has 1 aliphatic carbocycles. The molecular formula is C14H24N2O4. The largest absolute Gasteiger partial charge is 0.480 e. The average Bonchev–Trinajstić information content (AvgIpc) is 2.34. The van der Waals surface area contributed by atoms with Gasteiger partial charge in [0, 0.05) is 13.1 Å². The van der Waals surface area contributed by atoms with Crippen molar-refractivity contribution < 1.29 is 19.4 Å². The Balaban J connectivity index is 1.90. The second kappa shape index (κ2) is 5.69. The van der Waals surface area contributed by atoms with Crippen LogP contribution in [0.3, 0.4) is 0 Å². The van der Waals surface area contributed by atoms with Gasteiger partial charge in [0.25, 0.3) is 0 Å². The van der Waals surface area contributed by atoms with Gasteiger partial charge in [0.15, 0.2) is 0 Å². The van der Waals surface area contributed by atoms with Gasteiger partial charge < -0.3 is 20.5 Å². The van der Waals surface area contributed by atoms with Gasteiger partial charge in [-0.2, -0.15) is 0 Å². The van der Waals surface area contributed by atoms with Gasteiger partial charge in [-0.15, -0.1) is 0 Å². The molecule has 2 fully saturated rings. The Morgan fingerprint density at radius 3 is 2.65 bits per heavy atom. The predicted molar refractivity (Wildman–Crippen MR) is 73.4 cm³/mol. The number of ether oxygens (including phenoxy) is 1. The van der Waals surface area contributed by atoms with Crippen LogP contribution in [0.25, 0.3) is 0 Å². The molecule has 2 rings (SSSR count). The first-order valence-corrected chi connectivity index (χ1v) is 7.24. The first kappa shape index (κ1) is 15.3. The van der Waals surface area contributed by atoms with E-state index in [9.17, 15) is 14.7 Å². The van der Waals surface area contributed by atoms with Gasteiger partial charge in [-0.05, 0) is 25.7 Å². The van der Waals surface area contributed by atoms with E-state index in [2.05, 4.69) is 10.6 Å². The lowest BCUT2D eigenvalue weighted by atomic mass is 9.76. The van der Waals surface area contributed by atoms with E-state index < -0.39 is 11.5 Å². The summed E-state index contributed by atoms with van der Waals surface area (Å²) in [6, 6.07) is 0. The standard InChI is InChI=1S/C14H24N2O4/c1-10-4-3-5-14(6-10,12(18)19)16-11(17)7-20-13(2)8-15-9-13/h10,15H,3-9H2,1-2H3,(H,16,17)(H,18,19). The van der Waals surface area contributed by atoms with Gasteiger partial charge in [0.05, 0.1) is 5.60 Å². The molecule has 2 atom stereocenters. The topological polar surface area (TPSA) is 87.7 Å². The number of hydrogen-bond acceptors (Lipinski definition) is 4. The highest BCUT2D eigenvalue weighted by Crippen LogP contribution is 2.32. The van der Waals surface area contributed by atoms with Gasteiger partial charge in [-0.1, -0.05) is 19.8 Å². The van der Waals surface area contributed by atoms with Crippen LogP contribution in [0, 0.1) is 5.92 Å². The minimum absolute atomic E-state index is 0.0818. The molecule has 0 aromatic rings. The molecule has 1 aliphatic heterocycles. The summed E-state index contributed by atoms with van der Waals surface area (Å²) < 4.78 is 5.55. The first-order valence-electron chi connectivity index (χ1n) is 7.24. The number of carbonyl (C=O) groups excluding carboxylic acids is 1. The van der Waals surface area contributed by atoms with Crippen LogP contribution in [0.2, 0.25) is 0 Å². The van der Waals surface area contributed by atoms with Crippen molar-refractivity contribution in [1.82, 2.24) is 10.6 Å². The van der Waals surface area contributed by atoms with Crippen LogP contribution in [0.15, 0.2) is 0 Å². The SMILES string of the molecule is CC1CCCC(NC(=O)COC2(C)CNC2)(C(=O)O)C1. The molecule has 1 amide bonds. The van der Waals surface area contributed by atoms with Crippen LogP contribution < -0.4 is 10.6 Å². The molecule has 6 heteroatoms. The van der Waals surface area contributed by atoms with Crippen molar-refractivity contribution in [3.05, 3.63) is 0 Å². The number of carboxylic acid groups (broad SMARTS) is 1.